The van der Waals surface area contributed by atoms with Gasteiger partial charge in [0.15, 0.2) is 0 Å². The molecule has 0 heterocycles. The first-order valence-electron chi connectivity index (χ1n) is 16.3. The van der Waals surface area contributed by atoms with Crippen LogP contribution in [0.25, 0.3) is 0 Å². The maximum atomic E-state index is 2.40. The van der Waals surface area contributed by atoms with Gasteiger partial charge in [-0.1, -0.05) is 206 Å². The SMILES string of the molecule is C1=C/CC\C(C(c2ccccc2)(c2ccccc2)c2ccccc2)=C(C(c2ccccc2)(c2ccccc2)c2ccccc2)/C=C\1. The van der Waals surface area contributed by atoms with E-state index in [4.69, 9.17) is 0 Å². The Hall–Kier alpha value is -5.46. The molecule has 0 saturated heterocycles. The number of benzene rings is 6. The highest BCUT2D eigenvalue weighted by molar-refractivity contribution is 5.68. The lowest BCUT2D eigenvalue weighted by atomic mass is 9.56. The summed E-state index contributed by atoms with van der Waals surface area (Å²) in [5, 5.41) is 0. The fourth-order valence-corrected chi connectivity index (χ4v) is 7.65. The van der Waals surface area contributed by atoms with Crippen LogP contribution in [0.2, 0.25) is 0 Å². The van der Waals surface area contributed by atoms with Gasteiger partial charge in [-0.3, -0.25) is 0 Å². The highest BCUT2D eigenvalue weighted by Crippen LogP contribution is 2.55. The Balaban J connectivity index is 1.75. The molecule has 0 aliphatic heterocycles. The summed E-state index contributed by atoms with van der Waals surface area (Å²) in [4.78, 5) is 0. The van der Waals surface area contributed by atoms with E-state index in [-0.39, 0.29) is 0 Å². The predicted molar refractivity (Wildman–Crippen MR) is 193 cm³/mol. The van der Waals surface area contributed by atoms with Gasteiger partial charge in [-0.2, -0.15) is 0 Å². The van der Waals surface area contributed by atoms with Crippen molar-refractivity contribution in [1.29, 1.82) is 0 Å². The zero-order valence-electron chi connectivity index (χ0n) is 26.0. The molecule has 1 aliphatic rings. The second kappa shape index (κ2) is 13.3. The summed E-state index contributed by atoms with van der Waals surface area (Å²) in [6, 6.07) is 66.7. The molecule has 0 amide bonds. The molecule has 0 atom stereocenters. The van der Waals surface area contributed by atoms with Crippen molar-refractivity contribution >= 4 is 0 Å². The van der Waals surface area contributed by atoms with E-state index in [2.05, 4.69) is 206 Å². The Morgan fingerprint density at radius 3 is 0.957 bits per heavy atom. The van der Waals surface area contributed by atoms with Crippen LogP contribution in [0.15, 0.2) is 217 Å². The third kappa shape index (κ3) is 5.07. The summed E-state index contributed by atoms with van der Waals surface area (Å²) in [5.74, 6) is 0. The molecule has 0 spiro atoms. The molecular weight excluding hydrogens is 553 g/mol. The molecule has 0 nitrogen and oxygen atoms in total. The molecule has 0 fully saturated rings. The molecule has 46 heavy (non-hydrogen) atoms. The van der Waals surface area contributed by atoms with Crippen molar-refractivity contribution in [3.8, 4) is 0 Å². The van der Waals surface area contributed by atoms with Gasteiger partial charge in [-0.05, 0) is 57.4 Å². The first-order chi connectivity index (χ1) is 22.9. The Labute approximate surface area is 273 Å². The third-order valence-corrected chi connectivity index (χ3v) is 9.49. The molecule has 222 valence electrons. The monoisotopic (exact) mass is 590 g/mol. The maximum absolute atomic E-state index is 2.40. The van der Waals surface area contributed by atoms with Gasteiger partial charge in [0.2, 0.25) is 0 Å². The Morgan fingerprint density at radius 1 is 0.326 bits per heavy atom. The van der Waals surface area contributed by atoms with Gasteiger partial charge in [-0.25, -0.2) is 0 Å². The third-order valence-electron chi connectivity index (χ3n) is 9.49. The quantitative estimate of drug-likeness (QED) is 0.155. The largest absolute Gasteiger partial charge is 0.0842 e. The van der Waals surface area contributed by atoms with Crippen molar-refractivity contribution in [2.24, 2.45) is 0 Å². The van der Waals surface area contributed by atoms with Crippen molar-refractivity contribution in [1.82, 2.24) is 0 Å². The smallest absolute Gasteiger partial charge is 0.0701 e. The van der Waals surface area contributed by atoms with Gasteiger partial charge >= 0.3 is 0 Å². The fraction of sp³-hybridized carbons (Fsp3) is 0.0870. The van der Waals surface area contributed by atoms with Gasteiger partial charge in [0, 0.05) is 0 Å². The number of rotatable bonds is 8. The van der Waals surface area contributed by atoms with Gasteiger partial charge in [-0.15, -0.1) is 0 Å². The van der Waals surface area contributed by atoms with Crippen LogP contribution in [-0.4, -0.2) is 0 Å². The van der Waals surface area contributed by atoms with Crippen molar-refractivity contribution in [3.05, 3.63) is 251 Å². The number of hydrogen-bond donors (Lipinski definition) is 0. The average molecular weight is 591 g/mol. The second-order valence-corrected chi connectivity index (χ2v) is 11.9. The fourth-order valence-electron chi connectivity index (χ4n) is 7.65. The van der Waals surface area contributed by atoms with Crippen LogP contribution < -0.4 is 0 Å². The van der Waals surface area contributed by atoms with Gasteiger partial charge < -0.3 is 0 Å². The van der Waals surface area contributed by atoms with Crippen molar-refractivity contribution in [2.45, 2.75) is 23.7 Å². The molecule has 6 aromatic rings. The molecule has 0 bridgehead atoms. The van der Waals surface area contributed by atoms with E-state index in [0.29, 0.717) is 0 Å². The molecule has 7 rings (SSSR count). The van der Waals surface area contributed by atoms with Crippen LogP contribution in [0.1, 0.15) is 46.2 Å². The Morgan fingerprint density at radius 2 is 0.630 bits per heavy atom. The zero-order valence-corrected chi connectivity index (χ0v) is 26.0. The van der Waals surface area contributed by atoms with Gasteiger partial charge in [0.25, 0.3) is 0 Å². The minimum atomic E-state index is -0.593. The maximum Gasteiger partial charge on any atom is 0.0701 e. The van der Waals surface area contributed by atoms with Crippen molar-refractivity contribution in [3.63, 3.8) is 0 Å². The summed E-state index contributed by atoms with van der Waals surface area (Å²) in [7, 11) is 0. The summed E-state index contributed by atoms with van der Waals surface area (Å²) >= 11 is 0. The van der Waals surface area contributed by atoms with E-state index in [1.54, 1.807) is 0 Å². The normalized spacial score (nSPS) is 16.6. The van der Waals surface area contributed by atoms with E-state index >= 15 is 0 Å². The average Bonchev–Trinajstić information content (AvgIpc) is 3.13. The molecule has 1 aliphatic carbocycles. The van der Waals surface area contributed by atoms with Gasteiger partial charge in [0.1, 0.15) is 0 Å². The predicted octanol–water partition coefficient (Wildman–Crippen LogP) is 11.3. The number of allylic oxidation sites excluding steroid dienone is 6. The van der Waals surface area contributed by atoms with E-state index in [9.17, 15) is 0 Å². The lowest BCUT2D eigenvalue weighted by Gasteiger charge is -2.45. The Bertz CT molecular complexity index is 1740. The molecule has 0 heteroatoms. The van der Waals surface area contributed by atoms with Crippen LogP contribution in [0, 0.1) is 0 Å². The van der Waals surface area contributed by atoms with E-state index in [1.165, 1.54) is 44.5 Å². The first kappa shape index (κ1) is 29.3. The molecule has 6 aromatic carbocycles. The van der Waals surface area contributed by atoms with E-state index < -0.39 is 10.8 Å². The molecule has 0 unspecified atom stereocenters. The number of hydrogen-bond acceptors (Lipinski definition) is 0. The zero-order chi connectivity index (χ0) is 31.1. The summed E-state index contributed by atoms with van der Waals surface area (Å²) in [6.07, 6.45) is 11.0. The van der Waals surface area contributed by atoms with Crippen LogP contribution in [0.3, 0.4) is 0 Å². The van der Waals surface area contributed by atoms with Crippen LogP contribution in [0.5, 0.6) is 0 Å². The first-order valence-corrected chi connectivity index (χ1v) is 16.3. The summed E-state index contributed by atoms with van der Waals surface area (Å²) in [5.41, 5.74) is 9.09. The lowest BCUT2D eigenvalue weighted by Crippen LogP contribution is -2.39. The molecule has 0 aromatic heterocycles. The standard InChI is InChI=1S/C46H38/c1-2-22-36-44(46(40-29-15-6-16-30-40,41-31-17-7-18-32-41)42-33-19-8-20-34-42)43(35-21-1)45(37-23-9-3-10-24-37,38-25-11-4-12-26-38)39-27-13-5-14-28-39/h1-21,23-35H,22,36H2/b2-1-,35-21-,44-43-. The molecule has 0 radical (unpaired) electrons. The van der Waals surface area contributed by atoms with Crippen LogP contribution in [0.4, 0.5) is 0 Å². The topological polar surface area (TPSA) is 0 Å². The minimum absolute atomic E-state index is 0.557. The molecule has 0 saturated carbocycles. The lowest BCUT2D eigenvalue weighted by molar-refractivity contribution is 0.634. The van der Waals surface area contributed by atoms with E-state index in [0.717, 1.165) is 12.8 Å². The second-order valence-electron chi connectivity index (χ2n) is 11.9. The van der Waals surface area contributed by atoms with Crippen molar-refractivity contribution in [2.75, 3.05) is 0 Å². The minimum Gasteiger partial charge on any atom is -0.0842 e. The van der Waals surface area contributed by atoms with Crippen molar-refractivity contribution < 1.29 is 0 Å². The summed E-state index contributed by atoms with van der Waals surface area (Å²) < 4.78 is 0. The van der Waals surface area contributed by atoms with Crippen LogP contribution in [-0.2, 0) is 10.8 Å². The van der Waals surface area contributed by atoms with Crippen LogP contribution >= 0.6 is 0 Å². The molecular formula is C46H38. The van der Waals surface area contributed by atoms with Gasteiger partial charge in [0.05, 0.1) is 10.8 Å². The Kier molecular flexibility index (Phi) is 8.44. The molecule has 0 N–H and O–H groups in total. The summed E-state index contributed by atoms with van der Waals surface area (Å²) in [6.45, 7) is 0. The highest BCUT2D eigenvalue weighted by Gasteiger charge is 2.47. The van der Waals surface area contributed by atoms with E-state index in [1.807, 2.05) is 0 Å². The highest BCUT2D eigenvalue weighted by atomic mass is 14.5.